The van der Waals surface area contributed by atoms with E-state index in [1.807, 2.05) is 19.0 Å². The molecule has 1 aromatic heterocycles. The lowest BCUT2D eigenvalue weighted by Gasteiger charge is -2.20. The van der Waals surface area contributed by atoms with E-state index in [1.165, 1.54) is 22.9 Å². The van der Waals surface area contributed by atoms with Crippen molar-refractivity contribution < 1.29 is 18.8 Å². The van der Waals surface area contributed by atoms with Gasteiger partial charge in [-0.05, 0) is 45.1 Å². The Balaban J connectivity index is 1.64. The van der Waals surface area contributed by atoms with E-state index in [4.69, 9.17) is 0 Å². The van der Waals surface area contributed by atoms with E-state index in [1.54, 1.807) is 24.0 Å². The Morgan fingerprint density at radius 3 is 2.62 bits per heavy atom. The quantitative estimate of drug-likeness (QED) is 0.629. The Morgan fingerprint density at radius 1 is 1.22 bits per heavy atom. The van der Waals surface area contributed by atoms with Crippen LogP contribution >= 0.6 is 0 Å². The molecule has 0 bridgehead atoms. The average molecular weight is 445 g/mol. The number of amides is 3. The number of aromatic nitrogens is 2. The third-order valence-corrected chi connectivity index (χ3v) is 5.20. The standard InChI is InChI=1S/C22H29FN6O3/c1-15(20(30)24-9-12-27(2)3)25-21(31)18-13-19-22(32)28(10-4-11-29(19)26-18)14-16-5-7-17(23)8-6-16/h5-8,13,15H,4,9-12,14H2,1-3H3,(H,24,30)(H,25,31). The highest BCUT2D eigenvalue weighted by Crippen LogP contribution is 2.17. The summed E-state index contributed by atoms with van der Waals surface area (Å²) in [4.78, 5) is 41.4. The maximum absolute atomic E-state index is 13.2. The first-order valence-corrected chi connectivity index (χ1v) is 10.6. The van der Waals surface area contributed by atoms with Gasteiger partial charge in [-0.25, -0.2) is 4.39 Å². The van der Waals surface area contributed by atoms with Crippen LogP contribution in [0.5, 0.6) is 0 Å². The van der Waals surface area contributed by atoms with Crippen molar-refractivity contribution in [3.63, 3.8) is 0 Å². The third-order valence-electron chi connectivity index (χ3n) is 5.20. The monoisotopic (exact) mass is 444 g/mol. The van der Waals surface area contributed by atoms with E-state index in [0.29, 0.717) is 44.8 Å². The summed E-state index contributed by atoms with van der Waals surface area (Å²) >= 11 is 0. The molecule has 3 rings (SSSR count). The van der Waals surface area contributed by atoms with Gasteiger partial charge in [-0.1, -0.05) is 12.1 Å². The van der Waals surface area contributed by atoms with Crippen LogP contribution in [-0.2, 0) is 17.9 Å². The first-order chi connectivity index (χ1) is 15.2. The van der Waals surface area contributed by atoms with Gasteiger partial charge in [0.25, 0.3) is 11.8 Å². The predicted molar refractivity (Wildman–Crippen MR) is 116 cm³/mol. The van der Waals surface area contributed by atoms with Gasteiger partial charge in [-0.15, -0.1) is 0 Å². The average Bonchev–Trinajstić information content (AvgIpc) is 3.12. The van der Waals surface area contributed by atoms with Gasteiger partial charge >= 0.3 is 0 Å². The van der Waals surface area contributed by atoms with Gasteiger partial charge in [0.1, 0.15) is 17.6 Å². The fraction of sp³-hybridized carbons (Fsp3) is 0.455. The molecule has 2 heterocycles. The van der Waals surface area contributed by atoms with Crippen molar-refractivity contribution in [1.82, 2.24) is 30.2 Å². The maximum atomic E-state index is 13.2. The maximum Gasteiger partial charge on any atom is 0.272 e. The number of rotatable bonds is 8. The van der Waals surface area contributed by atoms with Crippen molar-refractivity contribution in [3.8, 4) is 0 Å². The molecule has 3 amide bonds. The number of hydrogen-bond donors (Lipinski definition) is 2. The van der Waals surface area contributed by atoms with E-state index >= 15 is 0 Å². The Morgan fingerprint density at radius 2 is 1.94 bits per heavy atom. The molecule has 0 saturated heterocycles. The smallest absolute Gasteiger partial charge is 0.272 e. The van der Waals surface area contributed by atoms with Crippen LogP contribution < -0.4 is 10.6 Å². The molecule has 1 aliphatic heterocycles. The van der Waals surface area contributed by atoms with Crippen molar-refractivity contribution in [3.05, 3.63) is 53.1 Å². The molecule has 0 radical (unpaired) electrons. The number of carbonyl (C=O) groups excluding carboxylic acids is 3. The van der Waals surface area contributed by atoms with Crippen molar-refractivity contribution in [2.75, 3.05) is 33.7 Å². The fourth-order valence-electron chi connectivity index (χ4n) is 3.40. The van der Waals surface area contributed by atoms with Gasteiger partial charge in [-0.3, -0.25) is 19.1 Å². The Hall–Kier alpha value is -3.27. The summed E-state index contributed by atoms with van der Waals surface area (Å²) in [6, 6.07) is 6.74. The van der Waals surface area contributed by atoms with Gasteiger partial charge in [0.2, 0.25) is 5.91 Å². The summed E-state index contributed by atoms with van der Waals surface area (Å²) in [5.41, 5.74) is 1.22. The molecule has 2 aromatic rings. The van der Waals surface area contributed by atoms with E-state index in [9.17, 15) is 18.8 Å². The molecule has 0 spiro atoms. The molecule has 1 aromatic carbocycles. The minimum atomic E-state index is -0.739. The molecule has 1 aliphatic rings. The third kappa shape index (κ3) is 5.91. The van der Waals surface area contributed by atoms with Crippen LogP contribution in [0.25, 0.3) is 0 Å². The minimum absolute atomic E-state index is 0.0879. The second-order valence-corrected chi connectivity index (χ2v) is 8.13. The lowest BCUT2D eigenvalue weighted by molar-refractivity contribution is -0.122. The van der Waals surface area contributed by atoms with Gasteiger partial charge < -0.3 is 20.4 Å². The summed E-state index contributed by atoms with van der Waals surface area (Å²) in [7, 11) is 3.81. The molecule has 172 valence electrons. The van der Waals surface area contributed by atoms with E-state index in [2.05, 4.69) is 15.7 Å². The first kappa shape index (κ1) is 23.4. The van der Waals surface area contributed by atoms with Crippen molar-refractivity contribution in [2.45, 2.75) is 32.5 Å². The topological polar surface area (TPSA) is 99.6 Å². The minimum Gasteiger partial charge on any atom is -0.353 e. The summed E-state index contributed by atoms with van der Waals surface area (Å²) in [6.07, 6.45) is 0.674. The van der Waals surface area contributed by atoms with E-state index in [0.717, 1.165) is 5.56 Å². The normalized spacial score (nSPS) is 14.7. The van der Waals surface area contributed by atoms with Gasteiger partial charge in [0, 0.05) is 38.8 Å². The molecule has 1 unspecified atom stereocenters. The summed E-state index contributed by atoms with van der Waals surface area (Å²) in [6.45, 7) is 4.13. The Kier molecular flexibility index (Phi) is 7.57. The molecular formula is C22H29FN6O3. The van der Waals surface area contributed by atoms with Crippen molar-refractivity contribution >= 4 is 17.7 Å². The van der Waals surface area contributed by atoms with Crippen LogP contribution in [0.15, 0.2) is 30.3 Å². The molecule has 9 nitrogen and oxygen atoms in total. The lowest BCUT2D eigenvalue weighted by Crippen LogP contribution is -2.46. The second-order valence-electron chi connectivity index (χ2n) is 8.13. The van der Waals surface area contributed by atoms with E-state index in [-0.39, 0.29) is 23.3 Å². The number of hydrogen-bond acceptors (Lipinski definition) is 5. The molecule has 0 aliphatic carbocycles. The highest BCUT2D eigenvalue weighted by molar-refractivity contribution is 5.99. The molecule has 0 fully saturated rings. The molecular weight excluding hydrogens is 415 g/mol. The first-order valence-electron chi connectivity index (χ1n) is 10.6. The molecule has 10 heteroatoms. The van der Waals surface area contributed by atoms with Crippen LogP contribution in [0.3, 0.4) is 0 Å². The zero-order chi connectivity index (χ0) is 23.3. The number of fused-ring (bicyclic) bond motifs is 1. The van der Waals surface area contributed by atoms with Gasteiger partial charge in [-0.2, -0.15) is 5.10 Å². The number of nitrogens with zero attached hydrogens (tertiary/aromatic N) is 4. The number of nitrogens with one attached hydrogen (secondary N) is 2. The lowest BCUT2D eigenvalue weighted by atomic mass is 10.2. The zero-order valence-electron chi connectivity index (χ0n) is 18.6. The van der Waals surface area contributed by atoms with Crippen LogP contribution in [0.2, 0.25) is 0 Å². The highest BCUT2D eigenvalue weighted by atomic mass is 19.1. The van der Waals surface area contributed by atoms with Crippen molar-refractivity contribution in [2.24, 2.45) is 0 Å². The molecule has 1 atom stereocenters. The molecule has 0 saturated carbocycles. The number of halogens is 1. The van der Waals surface area contributed by atoms with Gasteiger partial charge in [0.15, 0.2) is 5.69 Å². The van der Waals surface area contributed by atoms with Crippen LogP contribution in [-0.4, -0.2) is 77.1 Å². The fourth-order valence-corrected chi connectivity index (χ4v) is 3.40. The van der Waals surface area contributed by atoms with Crippen LogP contribution in [0, 0.1) is 5.82 Å². The zero-order valence-corrected chi connectivity index (χ0v) is 18.6. The summed E-state index contributed by atoms with van der Waals surface area (Å²) in [5.74, 6) is -1.38. The number of likely N-dealkylation sites (N-methyl/N-ethyl adjacent to an activating group) is 1. The summed E-state index contributed by atoms with van der Waals surface area (Å²) in [5, 5.41) is 9.67. The van der Waals surface area contributed by atoms with Gasteiger partial charge in [0.05, 0.1) is 0 Å². The van der Waals surface area contributed by atoms with Crippen LogP contribution in [0.1, 0.15) is 39.9 Å². The Bertz CT molecular complexity index is 973. The SMILES string of the molecule is CC(NC(=O)c1cc2n(n1)CCCN(Cc1ccc(F)cc1)C2=O)C(=O)NCCN(C)C. The largest absolute Gasteiger partial charge is 0.353 e. The number of aryl methyl sites for hydroxylation is 1. The number of benzene rings is 1. The second kappa shape index (κ2) is 10.4. The Labute approximate surface area is 186 Å². The highest BCUT2D eigenvalue weighted by Gasteiger charge is 2.27. The molecule has 2 N–H and O–H groups in total. The van der Waals surface area contributed by atoms with E-state index < -0.39 is 11.9 Å². The molecule has 32 heavy (non-hydrogen) atoms. The summed E-state index contributed by atoms with van der Waals surface area (Å²) < 4.78 is 14.7. The van der Waals surface area contributed by atoms with Crippen LogP contribution in [0.4, 0.5) is 4.39 Å². The predicted octanol–water partition coefficient (Wildman–Crippen LogP) is 0.864. The number of carbonyl (C=O) groups is 3. The van der Waals surface area contributed by atoms with Crippen molar-refractivity contribution in [1.29, 1.82) is 0 Å².